The van der Waals surface area contributed by atoms with Gasteiger partial charge in [0.05, 0.1) is 49.9 Å². The van der Waals surface area contributed by atoms with Gasteiger partial charge in [0.25, 0.3) is 5.56 Å². The van der Waals surface area contributed by atoms with E-state index in [1.807, 2.05) is 84.0 Å². The Bertz CT molecular complexity index is 2240. The molecule has 2 unspecified atom stereocenters. The number of fused-ring (bicyclic) bond motifs is 2. The number of rotatable bonds is 22. The summed E-state index contributed by atoms with van der Waals surface area (Å²) in [5.74, 6) is 2.57. The second-order valence-corrected chi connectivity index (χ2v) is 21.0. The largest absolute Gasteiger partial charge is 0.374 e. The number of amides is 4. The van der Waals surface area contributed by atoms with Crippen LogP contribution in [-0.4, -0.2) is 86.0 Å². The van der Waals surface area contributed by atoms with Crippen molar-refractivity contribution in [1.82, 2.24) is 30.5 Å². The Balaban J connectivity index is 1.06. The van der Waals surface area contributed by atoms with E-state index in [2.05, 4.69) is 33.2 Å². The lowest BCUT2D eigenvalue weighted by atomic mass is 9.92. The topological polar surface area (TPSA) is 173 Å². The first-order valence-corrected chi connectivity index (χ1v) is 24.6. The van der Waals surface area contributed by atoms with Crippen molar-refractivity contribution in [2.45, 2.75) is 109 Å². The smallest absolute Gasteiger partial charge is 0.272 e. The Hall–Kier alpha value is -3.90. The molecule has 0 saturated carbocycles. The van der Waals surface area contributed by atoms with E-state index in [9.17, 15) is 24.0 Å². The molecule has 0 fully saturated rings. The molecule has 2 aromatic heterocycles. The van der Waals surface area contributed by atoms with E-state index in [0.29, 0.717) is 52.6 Å². The van der Waals surface area contributed by atoms with Crippen LogP contribution in [0.3, 0.4) is 0 Å². The van der Waals surface area contributed by atoms with Gasteiger partial charge in [0.2, 0.25) is 23.6 Å². The Morgan fingerprint density at radius 2 is 1.75 bits per heavy atom. The maximum Gasteiger partial charge on any atom is 0.272 e. The molecule has 61 heavy (non-hydrogen) atoms. The minimum atomic E-state index is -0.818. The van der Waals surface area contributed by atoms with Gasteiger partial charge in [0.1, 0.15) is 0 Å². The molecule has 3 heterocycles. The Morgan fingerprint density at radius 1 is 1.00 bits per heavy atom. The van der Waals surface area contributed by atoms with Gasteiger partial charge in [-0.15, -0.1) is 11.8 Å². The van der Waals surface area contributed by atoms with E-state index in [1.165, 1.54) is 41.8 Å². The molecule has 2 atom stereocenters. The summed E-state index contributed by atoms with van der Waals surface area (Å²) >= 11 is 5.93. The summed E-state index contributed by atoms with van der Waals surface area (Å²) in [6.07, 6.45) is 2.52. The first kappa shape index (κ1) is 48.1. The molecule has 4 amide bonds. The Morgan fingerprint density at radius 3 is 2.49 bits per heavy atom. The third-order valence-corrected chi connectivity index (χ3v) is 14.6. The predicted octanol–water partition coefficient (Wildman–Crippen LogP) is 7.15. The molecule has 0 bridgehead atoms. The van der Waals surface area contributed by atoms with Gasteiger partial charge in [-0.2, -0.15) is 11.8 Å². The molecular weight excluding hydrogens is 851 g/mol. The predicted molar refractivity (Wildman–Crippen MR) is 250 cm³/mol. The van der Waals surface area contributed by atoms with Crippen molar-refractivity contribution >= 4 is 85.6 Å². The highest BCUT2D eigenvalue weighted by molar-refractivity contribution is 8.00. The van der Waals surface area contributed by atoms with Crippen LogP contribution in [0, 0.1) is 18.3 Å². The molecule has 1 aliphatic rings. The fourth-order valence-electron chi connectivity index (χ4n) is 6.29. The lowest BCUT2D eigenvalue weighted by Crippen LogP contribution is -2.42. The molecule has 0 saturated heterocycles. The number of thioether (sulfide) groups is 3. The van der Waals surface area contributed by atoms with Crippen LogP contribution in [0.1, 0.15) is 84.5 Å². The van der Waals surface area contributed by atoms with Crippen LogP contribution in [0.5, 0.6) is 0 Å². The molecule has 13 nitrogen and oxygen atoms in total. The van der Waals surface area contributed by atoms with Gasteiger partial charge in [0.15, 0.2) is 10.3 Å². The molecule has 330 valence electrons. The number of anilines is 1. The van der Waals surface area contributed by atoms with E-state index in [1.54, 1.807) is 16.3 Å². The highest BCUT2D eigenvalue weighted by Crippen LogP contribution is 2.31. The summed E-state index contributed by atoms with van der Waals surface area (Å²) < 4.78 is 8.78. The number of aromatic nitrogens is 3. The molecule has 17 heteroatoms. The summed E-state index contributed by atoms with van der Waals surface area (Å²) in [7, 11) is 0. The molecule has 4 N–H and O–H groups in total. The van der Waals surface area contributed by atoms with Crippen LogP contribution in [0.2, 0.25) is 0 Å². The number of ether oxygens (including phenoxy) is 1. The SMILES string of the molecule is CC(=O)NC(C)C(C)CSCCCC(=O)NCCC(C)(C)OCC(C)(C)C(=O)NCc1ccc(-n2c(SCC(=O)Nc3nc4ccc(C)cc4s3)nc3c(c2=O)SCC3)cc1. The number of hydrogen-bond donors (Lipinski definition) is 4. The molecule has 0 aliphatic carbocycles. The zero-order chi connectivity index (χ0) is 44.3. The fourth-order valence-corrected chi connectivity index (χ4v) is 10.3. The van der Waals surface area contributed by atoms with E-state index in [-0.39, 0.29) is 54.1 Å². The number of nitrogens with one attached hydrogen (secondary N) is 4. The van der Waals surface area contributed by atoms with Gasteiger partial charge in [-0.25, -0.2) is 9.97 Å². The normalized spacial score (nSPS) is 13.7. The molecular formula is C44H59N7O6S4. The third-order valence-electron chi connectivity index (χ3n) is 10.3. The lowest BCUT2D eigenvalue weighted by molar-refractivity contribution is -0.137. The monoisotopic (exact) mass is 909 g/mol. The summed E-state index contributed by atoms with van der Waals surface area (Å²) in [6.45, 7) is 16.2. The van der Waals surface area contributed by atoms with Crippen LogP contribution in [-0.2, 0) is 36.9 Å². The highest BCUT2D eigenvalue weighted by atomic mass is 32.2. The molecule has 0 radical (unpaired) electrons. The maximum absolute atomic E-state index is 13.8. The number of aryl methyl sites for hydroxylation is 2. The lowest BCUT2D eigenvalue weighted by Gasteiger charge is -2.31. The average Bonchev–Trinajstić information content (AvgIpc) is 3.85. The van der Waals surface area contributed by atoms with Crippen LogP contribution >= 0.6 is 46.6 Å². The second kappa shape index (κ2) is 21.9. The van der Waals surface area contributed by atoms with E-state index in [0.717, 1.165) is 50.7 Å². The van der Waals surface area contributed by atoms with Crippen molar-refractivity contribution in [3.8, 4) is 5.69 Å². The molecule has 0 spiro atoms. The van der Waals surface area contributed by atoms with Crippen molar-refractivity contribution in [2.75, 3.05) is 41.5 Å². The zero-order valence-electron chi connectivity index (χ0n) is 36.4. The van der Waals surface area contributed by atoms with Crippen LogP contribution < -0.4 is 26.8 Å². The molecule has 1 aliphatic heterocycles. The van der Waals surface area contributed by atoms with Crippen LogP contribution in [0.15, 0.2) is 57.3 Å². The van der Waals surface area contributed by atoms with E-state index in [4.69, 9.17) is 9.72 Å². The van der Waals surface area contributed by atoms with Gasteiger partial charge in [-0.1, -0.05) is 48.2 Å². The van der Waals surface area contributed by atoms with Gasteiger partial charge in [-0.3, -0.25) is 28.5 Å². The molecule has 4 aromatic rings. The van der Waals surface area contributed by atoms with Gasteiger partial charge >= 0.3 is 0 Å². The maximum atomic E-state index is 13.8. The molecule has 5 rings (SSSR count). The van der Waals surface area contributed by atoms with Crippen LogP contribution in [0.25, 0.3) is 15.9 Å². The highest BCUT2D eigenvalue weighted by Gasteiger charge is 2.31. The second-order valence-electron chi connectivity index (χ2n) is 16.8. The number of benzene rings is 2. The molecule has 2 aromatic carbocycles. The van der Waals surface area contributed by atoms with Crippen molar-refractivity contribution in [2.24, 2.45) is 11.3 Å². The minimum Gasteiger partial charge on any atom is -0.374 e. The van der Waals surface area contributed by atoms with Gasteiger partial charge in [0, 0.05) is 44.6 Å². The number of carbonyl (C=O) groups excluding carboxylic acids is 4. The van der Waals surface area contributed by atoms with Crippen molar-refractivity contribution in [3.05, 3.63) is 69.6 Å². The van der Waals surface area contributed by atoms with Gasteiger partial charge < -0.3 is 26.0 Å². The van der Waals surface area contributed by atoms with E-state index >= 15 is 0 Å². The van der Waals surface area contributed by atoms with Crippen molar-refractivity contribution < 1.29 is 23.9 Å². The number of thiazole rings is 1. The van der Waals surface area contributed by atoms with Crippen molar-refractivity contribution in [3.63, 3.8) is 0 Å². The number of nitrogens with zero attached hydrogens (tertiary/aromatic N) is 3. The summed E-state index contributed by atoms with van der Waals surface area (Å²) in [5.41, 5.74) is 2.65. The Labute approximate surface area is 375 Å². The summed E-state index contributed by atoms with van der Waals surface area (Å²) in [6, 6.07) is 13.5. The first-order chi connectivity index (χ1) is 28.9. The third kappa shape index (κ3) is 14.3. The van der Waals surface area contributed by atoms with Gasteiger partial charge in [-0.05, 0) is 107 Å². The Kier molecular flexibility index (Phi) is 17.3. The van der Waals surface area contributed by atoms with Crippen molar-refractivity contribution in [1.29, 1.82) is 0 Å². The number of hydrogen-bond acceptors (Lipinski definition) is 12. The minimum absolute atomic E-state index is 0.00894. The first-order valence-electron chi connectivity index (χ1n) is 20.6. The summed E-state index contributed by atoms with van der Waals surface area (Å²) in [4.78, 5) is 73.9. The zero-order valence-corrected chi connectivity index (χ0v) is 39.7. The quantitative estimate of drug-likeness (QED) is 0.0359. The summed E-state index contributed by atoms with van der Waals surface area (Å²) in [5, 5.41) is 12.8. The fraction of sp³-hybridized carbons (Fsp3) is 0.523. The standard InChI is InChI=1S/C44H59N7O6S4/c1-27-11-16-33-35(22-27)61-41(48-33)50-37(54)25-60-42-49-34-17-21-59-38(34)39(55)51(42)32-14-12-31(13-15-32)23-46-40(56)43(5,6)26-57-44(7,8)18-19-45-36(53)10-9-20-58-24-28(2)29(3)47-30(4)52/h11-16,22,28-29H,9-10,17-21,23-26H2,1-8H3,(H,45,53)(H,46,56)(H,47,52)(H,48,50,54). The number of carbonyl (C=O) groups is 4. The van der Waals surface area contributed by atoms with Crippen LogP contribution in [0.4, 0.5) is 5.13 Å². The average molecular weight is 910 g/mol. The van der Waals surface area contributed by atoms with E-state index < -0.39 is 11.0 Å².